The summed E-state index contributed by atoms with van der Waals surface area (Å²) in [6.07, 6.45) is 1.69. The molecule has 1 aromatic rings. The highest BCUT2D eigenvalue weighted by molar-refractivity contribution is 5.99. The molecule has 0 aliphatic carbocycles. The van der Waals surface area contributed by atoms with Gasteiger partial charge < -0.3 is 4.74 Å². The molecule has 0 aliphatic heterocycles. The molecule has 0 saturated heterocycles. The Morgan fingerprint density at radius 1 is 1.38 bits per heavy atom. The van der Waals surface area contributed by atoms with Gasteiger partial charge in [0.1, 0.15) is 0 Å². The third-order valence-corrected chi connectivity index (χ3v) is 2.53. The predicted octanol–water partition coefficient (Wildman–Crippen LogP) is 3.13. The zero-order valence-electron chi connectivity index (χ0n) is 9.91. The van der Waals surface area contributed by atoms with E-state index in [-0.39, 0.29) is 5.97 Å². The minimum absolute atomic E-state index is 0.321. The molecule has 0 radical (unpaired) electrons. The summed E-state index contributed by atoms with van der Waals surface area (Å²) in [5, 5.41) is 0. The summed E-state index contributed by atoms with van der Waals surface area (Å²) in [5.74, 6) is -0.321. The van der Waals surface area contributed by atoms with Gasteiger partial charge in [0, 0.05) is 5.57 Å². The fourth-order valence-electron chi connectivity index (χ4n) is 1.60. The van der Waals surface area contributed by atoms with Crippen LogP contribution in [-0.2, 0) is 9.53 Å². The lowest BCUT2D eigenvalue weighted by Gasteiger charge is -2.09. The lowest BCUT2D eigenvalue weighted by molar-refractivity contribution is -0.135. The van der Waals surface area contributed by atoms with Crippen LogP contribution in [0.15, 0.2) is 42.5 Å². The van der Waals surface area contributed by atoms with Gasteiger partial charge in [0.2, 0.25) is 0 Å². The van der Waals surface area contributed by atoms with Gasteiger partial charge in [-0.1, -0.05) is 36.9 Å². The maximum Gasteiger partial charge on any atom is 0.334 e. The second kappa shape index (κ2) is 5.31. The van der Waals surface area contributed by atoms with E-state index in [0.717, 1.165) is 16.7 Å². The van der Waals surface area contributed by atoms with E-state index in [1.165, 1.54) is 7.11 Å². The third kappa shape index (κ3) is 2.40. The maximum atomic E-state index is 11.5. The first kappa shape index (κ1) is 12.2. The van der Waals surface area contributed by atoms with Gasteiger partial charge in [-0.3, -0.25) is 0 Å². The minimum Gasteiger partial charge on any atom is -0.466 e. The summed E-state index contributed by atoms with van der Waals surface area (Å²) in [6.45, 7) is 7.50. The molecule has 1 aromatic carbocycles. The molecule has 0 aromatic heterocycles. The van der Waals surface area contributed by atoms with Crippen molar-refractivity contribution in [1.29, 1.82) is 0 Å². The van der Waals surface area contributed by atoms with Crippen molar-refractivity contribution in [1.82, 2.24) is 0 Å². The fourth-order valence-corrected chi connectivity index (χ4v) is 1.60. The van der Waals surface area contributed by atoms with Crippen molar-refractivity contribution >= 4 is 11.5 Å². The molecule has 0 aliphatic rings. The van der Waals surface area contributed by atoms with E-state index in [1.54, 1.807) is 13.0 Å². The number of hydrogen-bond acceptors (Lipinski definition) is 2. The Morgan fingerprint density at radius 2 is 2.00 bits per heavy atom. The molecule has 0 saturated carbocycles. The van der Waals surface area contributed by atoms with Crippen LogP contribution in [0.5, 0.6) is 0 Å². The van der Waals surface area contributed by atoms with Gasteiger partial charge in [-0.25, -0.2) is 4.79 Å². The van der Waals surface area contributed by atoms with E-state index in [1.807, 2.05) is 31.2 Å². The number of esters is 1. The second-order valence-electron chi connectivity index (χ2n) is 3.55. The summed E-state index contributed by atoms with van der Waals surface area (Å²) in [4.78, 5) is 11.5. The van der Waals surface area contributed by atoms with Gasteiger partial charge in [0.25, 0.3) is 0 Å². The molecule has 0 unspecified atom stereocenters. The van der Waals surface area contributed by atoms with Crippen molar-refractivity contribution < 1.29 is 9.53 Å². The van der Waals surface area contributed by atoms with Crippen LogP contribution in [0.2, 0.25) is 0 Å². The number of carbonyl (C=O) groups excluding carboxylic acids is 1. The van der Waals surface area contributed by atoms with E-state index in [9.17, 15) is 4.79 Å². The first-order valence-electron chi connectivity index (χ1n) is 5.09. The van der Waals surface area contributed by atoms with Crippen LogP contribution >= 0.6 is 0 Å². The SMILES string of the molecule is C=CC(=C(C)C(=O)OC)c1ccccc1C. The average molecular weight is 216 g/mol. The van der Waals surface area contributed by atoms with E-state index < -0.39 is 0 Å². The molecule has 16 heavy (non-hydrogen) atoms. The summed E-state index contributed by atoms with van der Waals surface area (Å²) < 4.78 is 4.71. The van der Waals surface area contributed by atoms with Gasteiger partial charge in [0.15, 0.2) is 0 Å². The standard InChI is InChI=1S/C14H16O2/c1-5-12(11(3)14(15)16-4)13-9-7-6-8-10(13)2/h5-9H,1H2,2-4H3. The Labute approximate surface area is 96.2 Å². The highest BCUT2D eigenvalue weighted by Gasteiger charge is 2.11. The van der Waals surface area contributed by atoms with E-state index in [0.29, 0.717) is 5.57 Å². The van der Waals surface area contributed by atoms with Gasteiger partial charge in [0.05, 0.1) is 7.11 Å². The predicted molar refractivity (Wildman–Crippen MR) is 66.0 cm³/mol. The highest BCUT2D eigenvalue weighted by atomic mass is 16.5. The van der Waals surface area contributed by atoms with Crippen LogP contribution < -0.4 is 0 Å². The molecule has 2 heteroatoms. The molecular formula is C14H16O2. The van der Waals surface area contributed by atoms with Gasteiger partial charge in [-0.2, -0.15) is 0 Å². The Kier molecular flexibility index (Phi) is 4.06. The van der Waals surface area contributed by atoms with Gasteiger partial charge in [-0.05, 0) is 30.5 Å². The molecular weight excluding hydrogens is 200 g/mol. The smallest absolute Gasteiger partial charge is 0.334 e. The van der Waals surface area contributed by atoms with E-state index in [2.05, 4.69) is 6.58 Å². The normalized spacial score (nSPS) is 11.7. The summed E-state index contributed by atoms with van der Waals surface area (Å²) in [7, 11) is 1.38. The molecule has 0 amide bonds. The van der Waals surface area contributed by atoms with Crippen molar-refractivity contribution in [3.05, 3.63) is 53.6 Å². The third-order valence-electron chi connectivity index (χ3n) is 2.53. The number of ether oxygens (including phenoxy) is 1. The van der Waals surface area contributed by atoms with Crippen molar-refractivity contribution in [2.45, 2.75) is 13.8 Å². The average Bonchev–Trinajstić information content (AvgIpc) is 2.31. The van der Waals surface area contributed by atoms with Crippen molar-refractivity contribution in [3.8, 4) is 0 Å². The lowest BCUT2D eigenvalue weighted by Crippen LogP contribution is -2.04. The molecule has 1 rings (SSSR count). The zero-order chi connectivity index (χ0) is 12.1. The Balaban J connectivity index is 3.33. The zero-order valence-corrected chi connectivity index (χ0v) is 9.91. The van der Waals surface area contributed by atoms with Crippen molar-refractivity contribution in [2.24, 2.45) is 0 Å². The number of aryl methyl sites for hydroxylation is 1. The first-order valence-corrected chi connectivity index (χ1v) is 5.09. The highest BCUT2D eigenvalue weighted by Crippen LogP contribution is 2.23. The molecule has 0 heterocycles. The molecule has 0 atom stereocenters. The number of hydrogen-bond donors (Lipinski definition) is 0. The minimum atomic E-state index is -0.321. The van der Waals surface area contributed by atoms with Crippen LogP contribution in [0.4, 0.5) is 0 Å². The molecule has 0 spiro atoms. The largest absolute Gasteiger partial charge is 0.466 e. The molecule has 2 nitrogen and oxygen atoms in total. The van der Waals surface area contributed by atoms with Crippen molar-refractivity contribution in [2.75, 3.05) is 7.11 Å². The van der Waals surface area contributed by atoms with Crippen LogP contribution in [0.25, 0.3) is 5.57 Å². The van der Waals surface area contributed by atoms with E-state index in [4.69, 9.17) is 4.74 Å². The first-order chi connectivity index (χ1) is 7.61. The second-order valence-corrected chi connectivity index (χ2v) is 3.55. The number of benzene rings is 1. The molecule has 84 valence electrons. The van der Waals surface area contributed by atoms with Gasteiger partial charge >= 0.3 is 5.97 Å². The van der Waals surface area contributed by atoms with Crippen LogP contribution in [0.1, 0.15) is 18.1 Å². The number of rotatable bonds is 3. The lowest BCUT2D eigenvalue weighted by atomic mass is 9.97. The monoisotopic (exact) mass is 216 g/mol. The quantitative estimate of drug-likeness (QED) is 0.441. The molecule has 0 N–H and O–H groups in total. The summed E-state index contributed by atoms with van der Waals surface area (Å²) >= 11 is 0. The molecule has 0 fully saturated rings. The van der Waals surface area contributed by atoms with Crippen LogP contribution in [0, 0.1) is 6.92 Å². The molecule has 0 bridgehead atoms. The Morgan fingerprint density at radius 3 is 2.50 bits per heavy atom. The summed E-state index contributed by atoms with van der Waals surface area (Å²) in [6, 6.07) is 7.88. The fraction of sp³-hybridized carbons (Fsp3) is 0.214. The van der Waals surface area contributed by atoms with Crippen LogP contribution in [0.3, 0.4) is 0 Å². The Bertz CT molecular complexity index is 442. The number of carbonyl (C=O) groups is 1. The van der Waals surface area contributed by atoms with Crippen molar-refractivity contribution in [3.63, 3.8) is 0 Å². The topological polar surface area (TPSA) is 26.3 Å². The van der Waals surface area contributed by atoms with Gasteiger partial charge in [-0.15, -0.1) is 0 Å². The van der Waals surface area contributed by atoms with E-state index >= 15 is 0 Å². The number of allylic oxidation sites excluding steroid dienone is 2. The summed E-state index contributed by atoms with van der Waals surface area (Å²) in [5.41, 5.74) is 3.53. The Hall–Kier alpha value is -1.83. The van der Waals surface area contributed by atoms with Crippen LogP contribution in [-0.4, -0.2) is 13.1 Å². The number of methoxy groups -OCH3 is 1. The maximum absolute atomic E-state index is 11.5.